The second-order valence-electron chi connectivity index (χ2n) is 4.32. The van der Waals surface area contributed by atoms with Crippen LogP contribution < -0.4 is 21.9 Å². The molecule has 0 aliphatic heterocycles. The monoisotopic (exact) mass is 241 g/mol. The topological polar surface area (TPSA) is 86.2 Å². The summed E-state index contributed by atoms with van der Waals surface area (Å²) in [5.41, 5.74) is 4.71. The molecule has 1 aromatic rings. The first kappa shape index (κ1) is 13.4. The molecule has 0 radical (unpaired) electrons. The molecule has 1 rings (SSSR count). The molecule has 7 nitrogen and oxygen atoms in total. The molecule has 0 spiro atoms. The van der Waals surface area contributed by atoms with Crippen LogP contribution in [0.4, 0.5) is 5.82 Å². The molecule has 0 aliphatic carbocycles. The molecule has 1 aromatic heterocycles. The Morgan fingerprint density at radius 1 is 1.41 bits per heavy atom. The number of anilines is 1. The number of aryl methyl sites for hydroxylation is 1. The summed E-state index contributed by atoms with van der Waals surface area (Å²) >= 11 is 0. The molecule has 17 heavy (non-hydrogen) atoms. The van der Waals surface area contributed by atoms with Gasteiger partial charge in [0.25, 0.3) is 5.56 Å². The SMILES string of the molecule is CC(CN)CN(C)c1nn(C)c(=O)n(C)c1=O. The van der Waals surface area contributed by atoms with Gasteiger partial charge in [-0.1, -0.05) is 6.92 Å². The third-order valence-corrected chi connectivity index (χ3v) is 2.65. The zero-order valence-electron chi connectivity index (χ0n) is 10.7. The average molecular weight is 241 g/mol. The van der Waals surface area contributed by atoms with Crippen molar-refractivity contribution in [3.05, 3.63) is 20.8 Å². The van der Waals surface area contributed by atoms with E-state index in [9.17, 15) is 9.59 Å². The first-order chi connectivity index (χ1) is 7.88. The van der Waals surface area contributed by atoms with Crippen molar-refractivity contribution >= 4 is 5.82 Å². The number of nitrogens with two attached hydrogens (primary N) is 1. The number of hydrogen-bond acceptors (Lipinski definition) is 5. The Morgan fingerprint density at radius 3 is 2.53 bits per heavy atom. The van der Waals surface area contributed by atoms with Gasteiger partial charge in [0.05, 0.1) is 0 Å². The standard InChI is InChI=1S/C10H19N5O2/c1-7(5-11)6-13(2)8-9(16)14(3)10(17)15(4)12-8/h7H,5-6,11H2,1-4H3. The Kier molecular flexibility index (Phi) is 4.06. The average Bonchev–Trinajstić information content (AvgIpc) is 2.30. The van der Waals surface area contributed by atoms with Crippen LogP contribution in [-0.4, -0.2) is 34.5 Å². The van der Waals surface area contributed by atoms with E-state index in [1.54, 1.807) is 11.9 Å². The summed E-state index contributed by atoms with van der Waals surface area (Å²) in [7, 11) is 4.72. The normalized spacial score (nSPS) is 12.5. The molecule has 0 fully saturated rings. The van der Waals surface area contributed by atoms with Crippen molar-refractivity contribution in [3.8, 4) is 0 Å². The molecule has 1 unspecified atom stereocenters. The molecule has 7 heteroatoms. The van der Waals surface area contributed by atoms with E-state index >= 15 is 0 Å². The highest BCUT2D eigenvalue weighted by molar-refractivity contribution is 5.33. The van der Waals surface area contributed by atoms with Gasteiger partial charge in [0.2, 0.25) is 5.82 Å². The molecule has 0 bridgehead atoms. The van der Waals surface area contributed by atoms with Crippen molar-refractivity contribution < 1.29 is 0 Å². The van der Waals surface area contributed by atoms with Gasteiger partial charge in [0.15, 0.2) is 0 Å². The van der Waals surface area contributed by atoms with Crippen LogP contribution in [0.5, 0.6) is 0 Å². The minimum absolute atomic E-state index is 0.253. The van der Waals surface area contributed by atoms with E-state index < -0.39 is 5.69 Å². The predicted molar refractivity (Wildman–Crippen MR) is 66.2 cm³/mol. The van der Waals surface area contributed by atoms with E-state index in [4.69, 9.17) is 5.73 Å². The summed E-state index contributed by atoms with van der Waals surface area (Å²) in [6, 6.07) is 0. The van der Waals surface area contributed by atoms with Crippen molar-refractivity contribution in [2.24, 2.45) is 25.7 Å². The maximum absolute atomic E-state index is 11.9. The lowest BCUT2D eigenvalue weighted by Gasteiger charge is -2.21. The summed E-state index contributed by atoms with van der Waals surface area (Å²) in [6.45, 7) is 3.15. The lowest BCUT2D eigenvalue weighted by molar-refractivity contribution is 0.558. The maximum atomic E-state index is 11.9. The second kappa shape index (κ2) is 5.13. The van der Waals surface area contributed by atoms with Crippen molar-refractivity contribution in [2.75, 3.05) is 25.0 Å². The number of rotatable bonds is 4. The highest BCUT2D eigenvalue weighted by Gasteiger charge is 2.14. The van der Waals surface area contributed by atoms with Crippen molar-refractivity contribution in [2.45, 2.75) is 6.92 Å². The van der Waals surface area contributed by atoms with Gasteiger partial charge in [0, 0.05) is 27.7 Å². The van der Waals surface area contributed by atoms with Crippen LogP contribution in [0.3, 0.4) is 0 Å². The summed E-state index contributed by atoms with van der Waals surface area (Å²) in [4.78, 5) is 25.1. The third kappa shape index (κ3) is 2.73. The van der Waals surface area contributed by atoms with E-state index in [0.717, 1.165) is 9.25 Å². The van der Waals surface area contributed by atoms with Gasteiger partial charge in [0.1, 0.15) is 0 Å². The fourth-order valence-corrected chi connectivity index (χ4v) is 1.55. The minimum atomic E-state index is -0.431. The molecule has 0 aromatic carbocycles. The zero-order valence-corrected chi connectivity index (χ0v) is 10.7. The second-order valence-corrected chi connectivity index (χ2v) is 4.32. The summed E-state index contributed by atoms with van der Waals surface area (Å²) in [5.74, 6) is 0.513. The molecule has 1 atom stereocenters. The highest BCUT2D eigenvalue weighted by Crippen LogP contribution is 2.02. The quantitative estimate of drug-likeness (QED) is 0.694. The van der Waals surface area contributed by atoms with Gasteiger partial charge >= 0.3 is 5.69 Å². The maximum Gasteiger partial charge on any atom is 0.346 e. The molecule has 96 valence electrons. The molecule has 2 N–H and O–H groups in total. The van der Waals surface area contributed by atoms with Crippen LogP contribution in [0, 0.1) is 5.92 Å². The lowest BCUT2D eigenvalue weighted by Crippen LogP contribution is -2.43. The van der Waals surface area contributed by atoms with Gasteiger partial charge < -0.3 is 10.6 Å². The smallest absolute Gasteiger partial charge is 0.346 e. The van der Waals surface area contributed by atoms with Gasteiger partial charge in [-0.2, -0.15) is 0 Å². The highest BCUT2D eigenvalue weighted by atomic mass is 16.2. The minimum Gasteiger partial charge on any atom is -0.353 e. The first-order valence-corrected chi connectivity index (χ1v) is 5.44. The van der Waals surface area contributed by atoms with Crippen LogP contribution >= 0.6 is 0 Å². The number of nitrogens with zero attached hydrogens (tertiary/aromatic N) is 4. The lowest BCUT2D eigenvalue weighted by atomic mass is 10.2. The van der Waals surface area contributed by atoms with Crippen molar-refractivity contribution in [1.29, 1.82) is 0 Å². The van der Waals surface area contributed by atoms with E-state index in [0.29, 0.717) is 13.1 Å². The largest absolute Gasteiger partial charge is 0.353 e. The zero-order chi connectivity index (χ0) is 13.2. The molecular formula is C10H19N5O2. The molecule has 1 heterocycles. The number of aromatic nitrogens is 3. The molecule has 0 saturated carbocycles. The Bertz CT molecular complexity index is 504. The van der Waals surface area contributed by atoms with Gasteiger partial charge in [-0.05, 0) is 12.5 Å². The summed E-state index contributed by atoms with van der Waals surface area (Å²) in [5, 5.41) is 3.98. The molecule has 0 saturated heterocycles. The molecular weight excluding hydrogens is 222 g/mol. The Hall–Kier alpha value is -1.63. The van der Waals surface area contributed by atoms with E-state index in [1.807, 2.05) is 6.92 Å². The van der Waals surface area contributed by atoms with E-state index in [1.165, 1.54) is 14.1 Å². The first-order valence-electron chi connectivity index (χ1n) is 5.44. The third-order valence-electron chi connectivity index (χ3n) is 2.65. The Morgan fingerprint density at radius 2 is 2.00 bits per heavy atom. The van der Waals surface area contributed by atoms with Crippen LogP contribution in [0.25, 0.3) is 0 Å². The molecule has 0 aliphatic rings. The number of hydrogen-bond donors (Lipinski definition) is 1. The van der Waals surface area contributed by atoms with Crippen LogP contribution in [0.2, 0.25) is 0 Å². The van der Waals surface area contributed by atoms with Crippen LogP contribution in [0.1, 0.15) is 6.92 Å². The fraction of sp³-hybridized carbons (Fsp3) is 0.700. The predicted octanol–water partition coefficient (Wildman–Crippen LogP) is -1.49. The van der Waals surface area contributed by atoms with Crippen molar-refractivity contribution in [3.63, 3.8) is 0 Å². The Balaban J connectivity index is 3.15. The Labute approximate surface area is 99.5 Å². The van der Waals surface area contributed by atoms with Crippen molar-refractivity contribution in [1.82, 2.24) is 14.3 Å². The van der Waals surface area contributed by atoms with Crippen LogP contribution in [0.15, 0.2) is 9.59 Å². The van der Waals surface area contributed by atoms with Gasteiger partial charge in [-0.15, -0.1) is 5.10 Å². The van der Waals surface area contributed by atoms with Gasteiger partial charge in [-0.3, -0.25) is 9.36 Å². The van der Waals surface area contributed by atoms with E-state index in [-0.39, 0.29) is 17.3 Å². The summed E-state index contributed by atoms with van der Waals surface area (Å²) in [6.07, 6.45) is 0. The molecule has 0 amide bonds. The van der Waals surface area contributed by atoms with Crippen LogP contribution in [-0.2, 0) is 14.1 Å². The van der Waals surface area contributed by atoms with E-state index in [2.05, 4.69) is 5.10 Å². The summed E-state index contributed by atoms with van der Waals surface area (Å²) < 4.78 is 2.20. The fourth-order valence-electron chi connectivity index (χ4n) is 1.55. The van der Waals surface area contributed by atoms with Gasteiger partial charge in [-0.25, -0.2) is 9.48 Å².